The third-order valence-electron chi connectivity index (χ3n) is 7.56. The molecule has 1 fully saturated rings. The van der Waals surface area contributed by atoms with E-state index in [2.05, 4.69) is 15.2 Å². The first-order valence-corrected chi connectivity index (χ1v) is 14.3. The fourth-order valence-electron chi connectivity index (χ4n) is 5.47. The van der Waals surface area contributed by atoms with Crippen LogP contribution in [0.3, 0.4) is 0 Å². The van der Waals surface area contributed by atoms with E-state index in [4.69, 9.17) is 28.4 Å². The maximum atomic E-state index is 13.5. The number of benzene rings is 2. The number of ether oxygens (including phenoxy) is 6. The van der Waals surface area contributed by atoms with Crippen LogP contribution in [0, 0.1) is 0 Å². The molecule has 1 N–H and O–H groups in total. The number of amides is 2. The van der Waals surface area contributed by atoms with Crippen LogP contribution in [-0.2, 0) is 27.4 Å². The van der Waals surface area contributed by atoms with E-state index in [0.29, 0.717) is 60.6 Å². The average molecular weight is 607 g/mol. The lowest BCUT2D eigenvalue weighted by Gasteiger charge is -2.25. The van der Waals surface area contributed by atoms with Crippen LogP contribution < -0.4 is 24.3 Å². The molecule has 0 spiro atoms. The second-order valence-corrected chi connectivity index (χ2v) is 10.6. The summed E-state index contributed by atoms with van der Waals surface area (Å²) in [5, 5.41) is 3.13. The molecule has 1 saturated heterocycles. The Hall–Kier alpha value is -4.39. The summed E-state index contributed by atoms with van der Waals surface area (Å²) in [5.74, 6) is 2.03. The minimum Gasteiger partial charge on any atom is -0.493 e. The van der Waals surface area contributed by atoms with Crippen molar-refractivity contribution in [3.05, 3.63) is 71.5 Å². The summed E-state index contributed by atoms with van der Waals surface area (Å²) in [5.41, 5.74) is 2.18. The van der Waals surface area contributed by atoms with Crippen LogP contribution in [0.4, 0.5) is 0 Å². The van der Waals surface area contributed by atoms with Crippen LogP contribution in [0.2, 0.25) is 0 Å². The number of nitrogens with one attached hydrogen (secondary N) is 1. The van der Waals surface area contributed by atoms with Gasteiger partial charge in [-0.15, -0.1) is 0 Å². The van der Waals surface area contributed by atoms with Gasteiger partial charge in [-0.1, -0.05) is 12.1 Å². The number of carbonyl (C=O) groups excluding carboxylic acids is 2. The fourth-order valence-corrected chi connectivity index (χ4v) is 5.47. The molecule has 234 valence electrons. The third kappa shape index (κ3) is 7.39. The van der Waals surface area contributed by atoms with E-state index in [1.165, 1.54) is 11.1 Å². The lowest BCUT2D eigenvalue weighted by Crippen LogP contribution is -2.49. The molecule has 44 heavy (non-hydrogen) atoms. The summed E-state index contributed by atoms with van der Waals surface area (Å²) in [4.78, 5) is 34.7. The molecule has 12 heteroatoms. The van der Waals surface area contributed by atoms with Gasteiger partial charge in [-0.25, -0.2) is 0 Å². The van der Waals surface area contributed by atoms with Gasteiger partial charge in [-0.05, 0) is 41.5 Å². The van der Waals surface area contributed by atoms with E-state index in [1.807, 2.05) is 36.4 Å². The molecule has 2 aliphatic rings. The molecule has 2 aromatic carbocycles. The van der Waals surface area contributed by atoms with E-state index in [1.54, 1.807) is 40.7 Å². The largest absolute Gasteiger partial charge is 0.493 e. The van der Waals surface area contributed by atoms with Crippen molar-refractivity contribution in [2.45, 2.75) is 25.3 Å². The van der Waals surface area contributed by atoms with Crippen LogP contribution in [0.25, 0.3) is 0 Å². The molecule has 2 aliphatic heterocycles. The van der Waals surface area contributed by atoms with Crippen LogP contribution >= 0.6 is 0 Å². The summed E-state index contributed by atoms with van der Waals surface area (Å²) in [6.45, 7) is 2.34. The molecule has 0 saturated carbocycles. The van der Waals surface area contributed by atoms with Gasteiger partial charge in [0.05, 0.1) is 65.0 Å². The Morgan fingerprint density at radius 3 is 2.48 bits per heavy atom. The van der Waals surface area contributed by atoms with Gasteiger partial charge in [-0.2, -0.15) is 0 Å². The molecule has 12 nitrogen and oxygen atoms in total. The highest BCUT2D eigenvalue weighted by Gasteiger charge is 2.35. The molecular weight excluding hydrogens is 568 g/mol. The molecule has 4 bridgehead atoms. The normalized spacial score (nSPS) is 19.1. The van der Waals surface area contributed by atoms with Gasteiger partial charge in [0, 0.05) is 39.5 Å². The highest BCUT2D eigenvalue weighted by atomic mass is 16.5. The average Bonchev–Trinajstić information content (AvgIpc) is 3.41. The zero-order valence-corrected chi connectivity index (χ0v) is 25.4. The van der Waals surface area contributed by atoms with Crippen LogP contribution in [0.15, 0.2) is 54.9 Å². The summed E-state index contributed by atoms with van der Waals surface area (Å²) >= 11 is 0. The highest BCUT2D eigenvalue weighted by Crippen LogP contribution is 2.38. The SMILES string of the molecule is COCCN1CC(=O)N[C@H]2CN(Cc3cc(OC)c(OC)c(OC)c3)C[C@@H]2OCc2cccc(c2)Oc2cncc(c2)C1=O. The van der Waals surface area contributed by atoms with Gasteiger partial charge in [0.25, 0.3) is 5.91 Å². The fraction of sp³-hybridized carbons (Fsp3) is 0.406. The Morgan fingerprint density at radius 1 is 0.955 bits per heavy atom. The predicted molar refractivity (Wildman–Crippen MR) is 160 cm³/mol. The van der Waals surface area contributed by atoms with E-state index in [0.717, 1.165) is 11.1 Å². The second-order valence-electron chi connectivity index (χ2n) is 10.6. The van der Waals surface area contributed by atoms with Gasteiger partial charge in [0.15, 0.2) is 11.5 Å². The van der Waals surface area contributed by atoms with Crippen molar-refractivity contribution in [2.75, 3.05) is 61.2 Å². The first-order valence-electron chi connectivity index (χ1n) is 14.3. The number of methoxy groups -OCH3 is 4. The molecule has 2 amide bonds. The lowest BCUT2D eigenvalue weighted by molar-refractivity contribution is -0.123. The Labute approximate surface area is 256 Å². The van der Waals surface area contributed by atoms with Crippen molar-refractivity contribution < 1.29 is 38.0 Å². The first kappa shape index (κ1) is 31.0. The van der Waals surface area contributed by atoms with E-state index >= 15 is 0 Å². The third-order valence-corrected chi connectivity index (χ3v) is 7.56. The topological polar surface area (TPSA) is 121 Å². The molecule has 0 unspecified atom stereocenters. The number of aromatic nitrogens is 1. The van der Waals surface area contributed by atoms with Gasteiger partial charge in [0.2, 0.25) is 11.7 Å². The standard InChI is InChI=1S/C32H38N4O8/c1-39-9-8-36-19-30(37)34-26-17-35(16-22-11-27(40-2)31(42-4)28(12-22)41-3)18-29(26)43-20-21-6-5-7-24(10-21)44-25-13-23(32(36)38)14-33-15-25/h5-7,10-15,26,29H,8-9,16-20H2,1-4H3,(H,34,37)/t26-,29-/m0/s1. The molecule has 1 aromatic heterocycles. The number of carbonyl (C=O) groups is 2. The Balaban J connectivity index is 1.41. The quantitative estimate of drug-likeness (QED) is 0.410. The van der Waals surface area contributed by atoms with Crippen molar-refractivity contribution in [1.29, 1.82) is 0 Å². The van der Waals surface area contributed by atoms with Gasteiger partial charge in [0.1, 0.15) is 11.5 Å². The molecule has 3 aromatic rings. The monoisotopic (exact) mass is 606 g/mol. The van der Waals surface area contributed by atoms with Crippen molar-refractivity contribution in [3.63, 3.8) is 0 Å². The Kier molecular flexibility index (Phi) is 10.2. The molecular formula is C32H38N4O8. The smallest absolute Gasteiger partial charge is 0.256 e. The number of pyridine rings is 1. The number of hydrogen-bond donors (Lipinski definition) is 1. The van der Waals surface area contributed by atoms with Crippen LogP contribution in [0.1, 0.15) is 21.5 Å². The highest BCUT2D eigenvalue weighted by molar-refractivity contribution is 5.96. The molecule has 2 atom stereocenters. The first-order chi connectivity index (χ1) is 21.4. The lowest BCUT2D eigenvalue weighted by atomic mass is 10.1. The zero-order valence-electron chi connectivity index (χ0n) is 25.4. The Morgan fingerprint density at radius 2 is 1.75 bits per heavy atom. The van der Waals surface area contributed by atoms with Gasteiger partial charge >= 0.3 is 0 Å². The van der Waals surface area contributed by atoms with Crippen molar-refractivity contribution >= 4 is 11.8 Å². The molecule has 5 rings (SSSR count). The number of fused-ring (bicyclic) bond motifs is 5. The van der Waals surface area contributed by atoms with E-state index in [9.17, 15) is 9.59 Å². The van der Waals surface area contributed by atoms with E-state index in [-0.39, 0.29) is 43.7 Å². The minimum absolute atomic E-state index is 0.150. The number of nitrogens with zero attached hydrogens (tertiary/aromatic N) is 3. The summed E-state index contributed by atoms with van der Waals surface area (Å²) < 4.78 is 34.2. The number of rotatable bonds is 8. The zero-order chi connectivity index (χ0) is 31.1. The summed E-state index contributed by atoms with van der Waals surface area (Å²) in [7, 11) is 6.29. The maximum Gasteiger partial charge on any atom is 0.256 e. The predicted octanol–water partition coefficient (Wildman–Crippen LogP) is 2.89. The van der Waals surface area contributed by atoms with Gasteiger partial charge < -0.3 is 38.6 Å². The minimum atomic E-state index is -0.348. The number of hydrogen-bond acceptors (Lipinski definition) is 10. The van der Waals surface area contributed by atoms with E-state index < -0.39 is 0 Å². The van der Waals surface area contributed by atoms with Crippen LogP contribution in [-0.4, -0.2) is 100.0 Å². The molecule has 3 heterocycles. The molecule has 0 radical (unpaired) electrons. The van der Waals surface area contributed by atoms with Crippen molar-refractivity contribution in [1.82, 2.24) is 20.1 Å². The maximum absolute atomic E-state index is 13.5. The number of likely N-dealkylation sites (tertiary alicyclic amines) is 1. The van der Waals surface area contributed by atoms with Gasteiger partial charge in [-0.3, -0.25) is 19.5 Å². The van der Waals surface area contributed by atoms with Crippen LogP contribution in [0.5, 0.6) is 28.7 Å². The van der Waals surface area contributed by atoms with Crippen molar-refractivity contribution in [3.8, 4) is 28.7 Å². The Bertz CT molecular complexity index is 1440. The molecule has 0 aliphatic carbocycles. The second kappa shape index (κ2) is 14.4. The van der Waals surface area contributed by atoms with Crippen molar-refractivity contribution in [2.24, 2.45) is 0 Å². The summed E-state index contributed by atoms with van der Waals surface area (Å²) in [6, 6.07) is 12.7. The summed E-state index contributed by atoms with van der Waals surface area (Å²) in [6.07, 6.45) is 2.70.